The Labute approximate surface area is 201 Å². The van der Waals surface area contributed by atoms with Gasteiger partial charge in [-0.05, 0) is 50.2 Å². The first kappa shape index (κ1) is 24.7. The van der Waals surface area contributed by atoms with Gasteiger partial charge in [0.15, 0.2) is 0 Å². The van der Waals surface area contributed by atoms with E-state index in [9.17, 15) is 19.5 Å². The van der Waals surface area contributed by atoms with Crippen LogP contribution in [0.3, 0.4) is 0 Å². The van der Waals surface area contributed by atoms with Gasteiger partial charge in [-0.25, -0.2) is 0 Å². The normalized spacial score (nSPS) is 35.0. The van der Waals surface area contributed by atoms with Crippen LogP contribution in [-0.2, 0) is 19.1 Å². The largest absolute Gasteiger partial charge is 0.394 e. The molecule has 1 aromatic rings. The molecule has 0 saturated carbocycles. The quantitative estimate of drug-likeness (QED) is 0.588. The highest BCUT2D eigenvalue weighted by molar-refractivity contribution is 6.04. The standard InChI is InChI=1S/C26H37N3O5/c1-13(2)17(12-30)29-21(23(32)28-20-14(3)9-8-10-15(20)4)26-11-16(5)25(6,34-26)18(22(31)27-7)19(26)24(29)33/h8-10,13,16-19,21,30H,11-12H2,1-7H3,(H,27,31)(H,28,32)/t16?,17-,18-,19-,21?,25+,26?/m0/s1. The number of nitrogens with zero attached hydrogens (tertiary/aromatic N) is 1. The summed E-state index contributed by atoms with van der Waals surface area (Å²) in [7, 11) is 1.56. The minimum absolute atomic E-state index is 0.0269. The fourth-order valence-corrected chi connectivity index (χ4v) is 6.71. The van der Waals surface area contributed by atoms with Crippen LogP contribution in [0.1, 0.15) is 45.2 Å². The van der Waals surface area contributed by atoms with Crippen molar-refractivity contribution < 1.29 is 24.2 Å². The number of likely N-dealkylation sites (tertiary alicyclic amines) is 1. The molecule has 8 nitrogen and oxygen atoms in total. The zero-order valence-electron chi connectivity index (χ0n) is 21.1. The summed E-state index contributed by atoms with van der Waals surface area (Å²) in [5.74, 6) is -2.50. The topological polar surface area (TPSA) is 108 Å². The zero-order valence-corrected chi connectivity index (χ0v) is 21.1. The second-order valence-electron chi connectivity index (χ2n) is 10.8. The summed E-state index contributed by atoms with van der Waals surface area (Å²) in [5.41, 5.74) is 0.559. The Morgan fingerprint density at radius 2 is 1.85 bits per heavy atom. The lowest BCUT2D eigenvalue weighted by Crippen LogP contribution is -2.57. The zero-order chi connectivity index (χ0) is 25.2. The molecule has 3 heterocycles. The molecule has 8 heteroatoms. The highest BCUT2D eigenvalue weighted by atomic mass is 16.5. The highest BCUT2D eigenvalue weighted by Gasteiger charge is 2.80. The molecule has 3 aliphatic heterocycles. The van der Waals surface area contributed by atoms with Crippen LogP contribution in [0.2, 0.25) is 0 Å². The van der Waals surface area contributed by atoms with E-state index >= 15 is 0 Å². The van der Waals surface area contributed by atoms with Gasteiger partial charge in [-0.2, -0.15) is 0 Å². The number of fused-ring (bicyclic) bond motifs is 1. The third kappa shape index (κ3) is 3.22. The third-order valence-electron chi connectivity index (χ3n) is 8.57. The molecule has 4 rings (SSSR count). The van der Waals surface area contributed by atoms with E-state index in [4.69, 9.17) is 4.74 Å². The van der Waals surface area contributed by atoms with Gasteiger partial charge >= 0.3 is 0 Å². The fourth-order valence-electron chi connectivity index (χ4n) is 6.71. The maximum atomic E-state index is 14.0. The van der Waals surface area contributed by atoms with Crippen molar-refractivity contribution in [2.75, 3.05) is 19.0 Å². The van der Waals surface area contributed by atoms with Gasteiger partial charge in [-0.3, -0.25) is 14.4 Å². The van der Waals surface area contributed by atoms with Gasteiger partial charge in [-0.1, -0.05) is 39.0 Å². The number of ether oxygens (including phenoxy) is 1. The molecular formula is C26H37N3O5. The molecule has 3 saturated heterocycles. The van der Waals surface area contributed by atoms with Crippen LogP contribution in [-0.4, -0.2) is 64.7 Å². The number of benzene rings is 1. The molecule has 2 bridgehead atoms. The maximum Gasteiger partial charge on any atom is 0.250 e. The van der Waals surface area contributed by atoms with E-state index in [0.29, 0.717) is 12.1 Å². The molecule has 3 unspecified atom stereocenters. The van der Waals surface area contributed by atoms with E-state index in [-0.39, 0.29) is 36.2 Å². The van der Waals surface area contributed by atoms with Crippen molar-refractivity contribution in [1.82, 2.24) is 10.2 Å². The van der Waals surface area contributed by atoms with Gasteiger partial charge in [0, 0.05) is 12.7 Å². The van der Waals surface area contributed by atoms with E-state index in [1.165, 1.54) is 4.90 Å². The first-order valence-corrected chi connectivity index (χ1v) is 12.2. The first-order chi connectivity index (χ1) is 15.9. The summed E-state index contributed by atoms with van der Waals surface area (Å²) >= 11 is 0. The van der Waals surface area contributed by atoms with Crippen LogP contribution in [0.4, 0.5) is 5.69 Å². The average Bonchev–Trinajstić information content (AvgIpc) is 3.28. The molecule has 3 N–H and O–H groups in total. The minimum Gasteiger partial charge on any atom is -0.394 e. The van der Waals surface area contributed by atoms with Crippen molar-refractivity contribution in [2.45, 2.75) is 71.2 Å². The molecule has 0 aliphatic carbocycles. The number of anilines is 1. The van der Waals surface area contributed by atoms with E-state index in [0.717, 1.165) is 11.1 Å². The van der Waals surface area contributed by atoms with Crippen molar-refractivity contribution in [3.05, 3.63) is 29.3 Å². The molecule has 1 spiro atoms. The SMILES string of the molecule is CNC(=O)[C@@H]1[C@H]2C(=O)N([C@@H](CO)C(C)C)C(C(=O)Nc3c(C)cccc3C)C23CC(C)[C@@]1(C)O3. The Kier molecular flexibility index (Phi) is 6.05. The monoisotopic (exact) mass is 471 g/mol. The summed E-state index contributed by atoms with van der Waals surface area (Å²) < 4.78 is 6.66. The Morgan fingerprint density at radius 1 is 1.24 bits per heavy atom. The van der Waals surface area contributed by atoms with Crippen molar-refractivity contribution >= 4 is 23.4 Å². The van der Waals surface area contributed by atoms with Crippen molar-refractivity contribution in [1.29, 1.82) is 0 Å². The Bertz CT molecular complexity index is 1010. The Hall–Kier alpha value is -2.45. The number of aliphatic hydroxyl groups excluding tert-OH is 1. The molecule has 0 aromatic heterocycles. The van der Waals surface area contributed by atoms with Crippen molar-refractivity contribution in [3.63, 3.8) is 0 Å². The smallest absolute Gasteiger partial charge is 0.250 e. The maximum absolute atomic E-state index is 14.0. The van der Waals surface area contributed by atoms with Crippen molar-refractivity contribution in [2.24, 2.45) is 23.7 Å². The van der Waals surface area contributed by atoms with Crippen LogP contribution in [0.5, 0.6) is 0 Å². The molecule has 3 amide bonds. The summed E-state index contributed by atoms with van der Waals surface area (Å²) in [5, 5.41) is 16.0. The van der Waals surface area contributed by atoms with E-state index in [1.54, 1.807) is 7.05 Å². The van der Waals surface area contributed by atoms with Gasteiger partial charge < -0.3 is 25.4 Å². The van der Waals surface area contributed by atoms with Gasteiger partial charge in [0.1, 0.15) is 11.6 Å². The number of nitrogens with one attached hydrogen (secondary N) is 2. The highest BCUT2D eigenvalue weighted by Crippen LogP contribution is 2.65. The number of aliphatic hydroxyl groups is 1. The predicted octanol–water partition coefficient (Wildman–Crippen LogP) is 2.02. The predicted molar refractivity (Wildman–Crippen MR) is 128 cm³/mol. The number of para-hydroxylation sites is 1. The molecule has 7 atom stereocenters. The molecule has 3 fully saturated rings. The number of aryl methyl sites for hydroxylation is 2. The van der Waals surface area contributed by atoms with E-state index in [2.05, 4.69) is 10.6 Å². The summed E-state index contributed by atoms with van der Waals surface area (Å²) in [6, 6.07) is 4.25. The van der Waals surface area contributed by atoms with Crippen LogP contribution in [0.15, 0.2) is 18.2 Å². The molecule has 3 aliphatic rings. The number of hydrogen-bond donors (Lipinski definition) is 3. The summed E-state index contributed by atoms with van der Waals surface area (Å²) in [6.07, 6.45) is 0.491. The average molecular weight is 472 g/mol. The van der Waals surface area contributed by atoms with Gasteiger partial charge in [-0.15, -0.1) is 0 Å². The summed E-state index contributed by atoms with van der Waals surface area (Å²) in [6.45, 7) is 11.3. The first-order valence-electron chi connectivity index (χ1n) is 12.2. The molecule has 186 valence electrons. The second kappa shape index (κ2) is 8.34. The minimum atomic E-state index is -1.13. The molecule has 34 heavy (non-hydrogen) atoms. The third-order valence-corrected chi connectivity index (χ3v) is 8.57. The summed E-state index contributed by atoms with van der Waals surface area (Å²) in [4.78, 5) is 42.6. The van der Waals surface area contributed by atoms with Crippen LogP contribution in [0.25, 0.3) is 0 Å². The number of amides is 3. The lowest BCUT2D eigenvalue weighted by Gasteiger charge is -2.38. The Balaban J connectivity index is 1.85. The lowest BCUT2D eigenvalue weighted by atomic mass is 9.62. The number of carbonyl (C=O) groups is 3. The molecule has 0 radical (unpaired) electrons. The Morgan fingerprint density at radius 3 is 2.38 bits per heavy atom. The van der Waals surface area contributed by atoms with Crippen LogP contribution in [0, 0.1) is 37.5 Å². The number of rotatable bonds is 6. The number of carbonyl (C=O) groups excluding carboxylic acids is 3. The lowest BCUT2D eigenvalue weighted by molar-refractivity contribution is -0.150. The van der Waals surface area contributed by atoms with Crippen LogP contribution < -0.4 is 10.6 Å². The van der Waals surface area contributed by atoms with Gasteiger partial charge in [0.25, 0.3) is 0 Å². The van der Waals surface area contributed by atoms with Crippen molar-refractivity contribution in [3.8, 4) is 0 Å². The fraction of sp³-hybridized carbons (Fsp3) is 0.654. The number of hydrogen-bond acceptors (Lipinski definition) is 5. The van der Waals surface area contributed by atoms with Gasteiger partial charge in [0.05, 0.1) is 30.1 Å². The van der Waals surface area contributed by atoms with Crippen LogP contribution >= 0.6 is 0 Å². The van der Waals surface area contributed by atoms with Gasteiger partial charge in [0.2, 0.25) is 17.7 Å². The van der Waals surface area contributed by atoms with E-state index < -0.39 is 35.1 Å². The second-order valence-corrected chi connectivity index (χ2v) is 10.8. The molecular weight excluding hydrogens is 434 g/mol. The molecule has 1 aromatic carbocycles. The van der Waals surface area contributed by atoms with E-state index in [1.807, 2.05) is 59.7 Å².